The maximum atomic E-state index is 13.4. The molecule has 0 bridgehead atoms. The molecular weight excluding hydrogens is 319 g/mol. The molecule has 0 fully saturated rings. The second-order valence-corrected chi connectivity index (χ2v) is 6.84. The Morgan fingerprint density at radius 3 is 2.90 bits per heavy atom. The number of hydrogen-bond donors (Lipinski definition) is 0. The topological polar surface area (TPSA) is 68.1 Å². The van der Waals surface area contributed by atoms with E-state index < -0.39 is 15.8 Å². The van der Waals surface area contributed by atoms with Crippen molar-refractivity contribution < 1.29 is 12.8 Å². The molecule has 0 amide bonds. The molecule has 1 aromatic carbocycles. The number of fused-ring (bicyclic) bond motifs is 1. The first kappa shape index (κ1) is 14.4. The lowest BCUT2D eigenvalue weighted by Crippen LogP contribution is -2.38. The normalized spacial score (nSPS) is 15.9. The van der Waals surface area contributed by atoms with Crippen molar-refractivity contribution >= 4 is 21.6 Å². The predicted molar refractivity (Wildman–Crippen MR) is 73.6 cm³/mol. The molecular formula is C12H12ClFN4O2S. The summed E-state index contributed by atoms with van der Waals surface area (Å²) in [6.07, 6.45) is 1.56. The van der Waals surface area contributed by atoms with Crippen LogP contribution in [0.2, 0.25) is 0 Å². The van der Waals surface area contributed by atoms with Crippen molar-refractivity contribution in [3.8, 4) is 0 Å². The molecule has 0 spiro atoms. The summed E-state index contributed by atoms with van der Waals surface area (Å²) in [7, 11) is -3.82. The molecule has 0 unspecified atom stereocenters. The first-order valence-electron chi connectivity index (χ1n) is 6.23. The van der Waals surface area contributed by atoms with Crippen molar-refractivity contribution in [3.05, 3.63) is 41.7 Å². The Kier molecular flexibility index (Phi) is 3.68. The minimum atomic E-state index is -3.82. The molecule has 6 nitrogen and oxygen atoms in total. The lowest BCUT2D eigenvalue weighted by molar-refractivity contribution is 0.335. The average Bonchev–Trinajstić information content (AvgIpc) is 2.94. The van der Waals surface area contributed by atoms with Crippen LogP contribution in [-0.2, 0) is 29.0 Å². The van der Waals surface area contributed by atoms with Gasteiger partial charge >= 0.3 is 0 Å². The largest absolute Gasteiger partial charge is 0.315 e. The first-order chi connectivity index (χ1) is 10.0. The number of alkyl halides is 1. The monoisotopic (exact) mass is 330 g/mol. The van der Waals surface area contributed by atoms with Crippen LogP contribution in [-0.4, -0.2) is 34.0 Å². The van der Waals surface area contributed by atoms with Gasteiger partial charge in [-0.3, -0.25) is 0 Å². The number of aromatic nitrogens is 3. The third-order valence-corrected chi connectivity index (χ3v) is 5.61. The zero-order valence-electron chi connectivity index (χ0n) is 10.9. The zero-order valence-corrected chi connectivity index (χ0v) is 12.5. The Bertz CT molecular complexity index is 777. The van der Waals surface area contributed by atoms with Crippen molar-refractivity contribution in [1.82, 2.24) is 19.1 Å². The quantitative estimate of drug-likeness (QED) is 0.797. The van der Waals surface area contributed by atoms with E-state index in [2.05, 4.69) is 10.2 Å². The number of benzene rings is 1. The van der Waals surface area contributed by atoms with Gasteiger partial charge in [-0.1, -0.05) is 6.07 Å². The van der Waals surface area contributed by atoms with Gasteiger partial charge in [-0.15, -0.1) is 21.8 Å². The van der Waals surface area contributed by atoms with E-state index in [1.165, 1.54) is 16.4 Å². The molecule has 1 aromatic heterocycles. The van der Waals surface area contributed by atoms with Gasteiger partial charge in [0.15, 0.2) is 0 Å². The molecule has 0 radical (unpaired) electrons. The maximum absolute atomic E-state index is 13.4. The van der Waals surface area contributed by atoms with Crippen LogP contribution in [0.1, 0.15) is 11.4 Å². The fraction of sp³-hybridized carbons (Fsp3) is 0.333. The number of nitrogens with zero attached hydrogens (tertiary/aromatic N) is 4. The van der Waals surface area contributed by atoms with Gasteiger partial charge in [-0.05, 0) is 17.7 Å². The maximum Gasteiger partial charge on any atom is 0.243 e. The van der Waals surface area contributed by atoms with Gasteiger partial charge in [-0.2, -0.15) is 4.31 Å². The molecule has 1 aliphatic heterocycles. The van der Waals surface area contributed by atoms with Crippen LogP contribution in [0.3, 0.4) is 0 Å². The van der Waals surface area contributed by atoms with E-state index >= 15 is 0 Å². The Morgan fingerprint density at radius 1 is 1.33 bits per heavy atom. The summed E-state index contributed by atoms with van der Waals surface area (Å²) in [6.45, 7) is 0.860. The third-order valence-electron chi connectivity index (χ3n) is 3.39. The second kappa shape index (κ2) is 5.36. The molecule has 21 heavy (non-hydrogen) atoms. The third kappa shape index (κ3) is 2.54. The summed E-state index contributed by atoms with van der Waals surface area (Å²) >= 11 is 5.76. The Hall–Kier alpha value is -1.51. The van der Waals surface area contributed by atoms with Gasteiger partial charge in [0.1, 0.15) is 18.0 Å². The molecule has 0 saturated carbocycles. The summed E-state index contributed by atoms with van der Waals surface area (Å²) in [5.74, 6) is -0.0462. The van der Waals surface area contributed by atoms with Crippen LogP contribution in [0.15, 0.2) is 29.4 Å². The van der Waals surface area contributed by atoms with Crippen molar-refractivity contribution in [3.63, 3.8) is 0 Å². The molecule has 2 heterocycles. The highest BCUT2D eigenvalue weighted by molar-refractivity contribution is 7.89. The highest BCUT2D eigenvalue weighted by Gasteiger charge is 2.31. The van der Waals surface area contributed by atoms with Crippen molar-refractivity contribution in [2.24, 2.45) is 0 Å². The lowest BCUT2D eigenvalue weighted by Gasteiger charge is -2.27. The summed E-state index contributed by atoms with van der Waals surface area (Å²) in [5, 5.41) is 7.63. The molecule has 1 aliphatic rings. The van der Waals surface area contributed by atoms with E-state index in [9.17, 15) is 12.8 Å². The van der Waals surface area contributed by atoms with Crippen LogP contribution in [0.4, 0.5) is 4.39 Å². The summed E-state index contributed by atoms with van der Waals surface area (Å²) in [6, 6.07) is 3.59. The van der Waals surface area contributed by atoms with E-state index in [0.29, 0.717) is 17.9 Å². The SMILES string of the molecule is O=S(=O)(c1cc(F)ccc1CCl)N1CCn2cnnc2C1. The van der Waals surface area contributed by atoms with E-state index in [-0.39, 0.29) is 23.9 Å². The fourth-order valence-corrected chi connectivity index (χ4v) is 4.20. The van der Waals surface area contributed by atoms with Gasteiger partial charge in [0.05, 0.1) is 11.4 Å². The number of halogens is 2. The van der Waals surface area contributed by atoms with Crippen molar-refractivity contribution in [1.29, 1.82) is 0 Å². The highest BCUT2D eigenvalue weighted by atomic mass is 35.5. The Labute approximate surface area is 126 Å². The molecule has 2 aromatic rings. The zero-order chi connectivity index (χ0) is 15.0. The number of hydrogen-bond acceptors (Lipinski definition) is 4. The van der Waals surface area contributed by atoms with E-state index in [1.807, 2.05) is 0 Å². The van der Waals surface area contributed by atoms with E-state index in [0.717, 1.165) is 6.07 Å². The molecule has 0 N–H and O–H groups in total. The van der Waals surface area contributed by atoms with Gasteiger partial charge in [0.2, 0.25) is 10.0 Å². The summed E-state index contributed by atoms with van der Waals surface area (Å²) < 4.78 is 41.9. The molecule has 0 saturated heterocycles. The van der Waals surface area contributed by atoms with Crippen LogP contribution in [0, 0.1) is 5.82 Å². The minimum Gasteiger partial charge on any atom is -0.315 e. The standard InChI is InChI=1S/C12H12ClFN4O2S/c13-6-9-1-2-10(14)5-11(9)21(19,20)18-4-3-17-8-15-16-12(17)7-18/h1-2,5,8H,3-4,6-7H2. The van der Waals surface area contributed by atoms with Crippen molar-refractivity contribution in [2.45, 2.75) is 23.9 Å². The molecule has 0 aliphatic carbocycles. The van der Waals surface area contributed by atoms with E-state index in [4.69, 9.17) is 11.6 Å². The molecule has 0 atom stereocenters. The highest BCUT2D eigenvalue weighted by Crippen LogP contribution is 2.25. The van der Waals surface area contributed by atoms with Gasteiger partial charge < -0.3 is 4.57 Å². The smallest absolute Gasteiger partial charge is 0.243 e. The van der Waals surface area contributed by atoms with Crippen molar-refractivity contribution in [2.75, 3.05) is 6.54 Å². The minimum absolute atomic E-state index is 0.00113. The van der Waals surface area contributed by atoms with Gasteiger partial charge in [0, 0.05) is 19.0 Å². The summed E-state index contributed by atoms with van der Waals surface area (Å²) in [5.41, 5.74) is 0.380. The van der Waals surface area contributed by atoms with Gasteiger partial charge in [0.25, 0.3) is 0 Å². The lowest BCUT2D eigenvalue weighted by atomic mass is 10.2. The first-order valence-corrected chi connectivity index (χ1v) is 8.21. The van der Waals surface area contributed by atoms with Crippen LogP contribution >= 0.6 is 11.6 Å². The van der Waals surface area contributed by atoms with Crippen LogP contribution in [0.5, 0.6) is 0 Å². The fourth-order valence-electron chi connectivity index (χ4n) is 2.27. The second-order valence-electron chi connectivity index (χ2n) is 4.66. The molecule has 3 rings (SSSR count). The van der Waals surface area contributed by atoms with E-state index in [1.54, 1.807) is 10.9 Å². The average molecular weight is 331 g/mol. The van der Waals surface area contributed by atoms with Gasteiger partial charge in [-0.25, -0.2) is 12.8 Å². The molecule has 9 heteroatoms. The Balaban J connectivity index is 2.00. The van der Waals surface area contributed by atoms with Crippen LogP contribution < -0.4 is 0 Å². The van der Waals surface area contributed by atoms with Crippen LogP contribution in [0.25, 0.3) is 0 Å². The number of rotatable bonds is 3. The predicted octanol–water partition coefficient (Wildman–Crippen LogP) is 1.36. The summed E-state index contributed by atoms with van der Waals surface area (Å²) in [4.78, 5) is -0.0922. The number of sulfonamides is 1. The Morgan fingerprint density at radius 2 is 2.14 bits per heavy atom. The molecule has 112 valence electrons.